The molecule has 0 saturated heterocycles. The van der Waals surface area contributed by atoms with Crippen LogP contribution >= 0.6 is 23.4 Å². The number of thioether (sulfide) groups is 1. The Morgan fingerprint density at radius 2 is 2.08 bits per heavy atom. The first-order chi connectivity index (χ1) is 12.0. The lowest BCUT2D eigenvalue weighted by molar-refractivity contribution is 0.101. The SMILES string of the molecule is CCN1/C(=C2/C(=O)c3cc(OC)ccc3C2O)Sc2ccc(Cl)cc21. The number of hydrogen-bond acceptors (Lipinski definition) is 5. The van der Waals surface area contributed by atoms with E-state index in [-0.39, 0.29) is 5.78 Å². The molecule has 1 aliphatic heterocycles. The molecule has 128 valence electrons. The molecule has 0 bridgehead atoms. The second kappa shape index (κ2) is 6.09. The number of aliphatic hydroxyl groups excluding tert-OH is 1. The summed E-state index contributed by atoms with van der Waals surface area (Å²) in [6, 6.07) is 10.9. The Morgan fingerprint density at radius 1 is 1.28 bits per heavy atom. The van der Waals surface area contributed by atoms with Crippen molar-refractivity contribution < 1.29 is 14.6 Å². The van der Waals surface area contributed by atoms with Crippen molar-refractivity contribution in [2.45, 2.75) is 17.9 Å². The number of carbonyl (C=O) groups is 1. The van der Waals surface area contributed by atoms with E-state index in [0.29, 0.717) is 34.0 Å². The van der Waals surface area contributed by atoms with Crippen LogP contribution in [0.5, 0.6) is 5.75 Å². The molecule has 1 aliphatic carbocycles. The van der Waals surface area contributed by atoms with Crippen molar-refractivity contribution in [1.82, 2.24) is 0 Å². The molecule has 1 heterocycles. The van der Waals surface area contributed by atoms with Gasteiger partial charge in [-0.15, -0.1) is 0 Å². The minimum Gasteiger partial charge on any atom is -0.497 e. The van der Waals surface area contributed by atoms with E-state index in [1.165, 1.54) is 11.8 Å². The summed E-state index contributed by atoms with van der Waals surface area (Å²) < 4.78 is 5.21. The van der Waals surface area contributed by atoms with Gasteiger partial charge in [-0.2, -0.15) is 0 Å². The Kier molecular flexibility index (Phi) is 4.02. The maximum absolute atomic E-state index is 13.0. The van der Waals surface area contributed by atoms with Crippen LogP contribution < -0.4 is 9.64 Å². The first-order valence-corrected chi connectivity index (χ1v) is 9.14. The number of carbonyl (C=O) groups excluding carboxylic acids is 1. The highest BCUT2D eigenvalue weighted by Gasteiger charge is 2.40. The second-order valence-corrected chi connectivity index (χ2v) is 7.33. The first kappa shape index (κ1) is 16.5. The van der Waals surface area contributed by atoms with E-state index in [4.69, 9.17) is 16.3 Å². The molecule has 1 atom stereocenters. The van der Waals surface area contributed by atoms with Gasteiger partial charge in [-0.25, -0.2) is 0 Å². The van der Waals surface area contributed by atoms with Crippen LogP contribution in [0.1, 0.15) is 28.9 Å². The lowest BCUT2D eigenvalue weighted by atomic mass is 10.1. The third-order valence-electron chi connectivity index (χ3n) is 4.53. The van der Waals surface area contributed by atoms with E-state index < -0.39 is 6.10 Å². The number of ether oxygens (including phenoxy) is 1. The summed E-state index contributed by atoms with van der Waals surface area (Å²) in [6.45, 7) is 2.69. The number of ketones is 1. The summed E-state index contributed by atoms with van der Waals surface area (Å²) in [5, 5.41) is 12.2. The maximum atomic E-state index is 13.0. The van der Waals surface area contributed by atoms with Gasteiger partial charge in [-0.1, -0.05) is 29.4 Å². The molecular weight excluding hydrogens is 358 g/mol. The molecule has 1 unspecified atom stereocenters. The fourth-order valence-corrected chi connectivity index (χ4v) is 4.74. The number of nitrogens with zero attached hydrogens (tertiary/aromatic N) is 1. The quantitative estimate of drug-likeness (QED) is 0.789. The Hall–Kier alpha value is -1.95. The van der Waals surface area contributed by atoms with Gasteiger partial charge in [-0.3, -0.25) is 4.79 Å². The molecule has 0 aromatic heterocycles. The average molecular weight is 374 g/mol. The van der Waals surface area contributed by atoms with E-state index in [9.17, 15) is 9.90 Å². The Labute approximate surface area is 155 Å². The lowest BCUT2D eigenvalue weighted by Gasteiger charge is -2.21. The number of rotatable bonds is 2. The third kappa shape index (κ3) is 2.46. The summed E-state index contributed by atoms with van der Waals surface area (Å²) in [5.74, 6) is 0.452. The van der Waals surface area contributed by atoms with Gasteiger partial charge >= 0.3 is 0 Å². The number of hydrogen-bond donors (Lipinski definition) is 1. The number of methoxy groups -OCH3 is 1. The van der Waals surface area contributed by atoms with Gasteiger partial charge in [0.1, 0.15) is 11.9 Å². The second-order valence-electron chi connectivity index (χ2n) is 5.86. The zero-order valence-electron chi connectivity index (χ0n) is 13.7. The topological polar surface area (TPSA) is 49.8 Å². The smallest absolute Gasteiger partial charge is 0.195 e. The van der Waals surface area contributed by atoms with Crippen LogP contribution in [0.3, 0.4) is 0 Å². The van der Waals surface area contributed by atoms with Crippen LogP contribution in [0.25, 0.3) is 0 Å². The van der Waals surface area contributed by atoms with Crippen molar-refractivity contribution in [3.63, 3.8) is 0 Å². The van der Waals surface area contributed by atoms with Crippen molar-refractivity contribution in [2.75, 3.05) is 18.6 Å². The maximum Gasteiger partial charge on any atom is 0.195 e. The van der Waals surface area contributed by atoms with E-state index in [0.717, 1.165) is 15.6 Å². The van der Waals surface area contributed by atoms with Crippen LogP contribution in [-0.2, 0) is 0 Å². The van der Waals surface area contributed by atoms with Crippen molar-refractivity contribution in [1.29, 1.82) is 0 Å². The molecule has 0 spiro atoms. The summed E-state index contributed by atoms with van der Waals surface area (Å²) in [5.41, 5.74) is 2.51. The van der Waals surface area contributed by atoms with Gasteiger partial charge < -0.3 is 14.7 Å². The molecule has 2 aliphatic rings. The van der Waals surface area contributed by atoms with Crippen LogP contribution in [-0.4, -0.2) is 24.5 Å². The first-order valence-electron chi connectivity index (χ1n) is 7.95. The highest BCUT2D eigenvalue weighted by atomic mass is 35.5. The Balaban J connectivity index is 1.85. The predicted octanol–water partition coefficient (Wildman–Crippen LogP) is 4.42. The van der Waals surface area contributed by atoms with E-state index in [2.05, 4.69) is 0 Å². The van der Waals surface area contributed by atoms with Crippen molar-refractivity contribution >= 4 is 34.8 Å². The monoisotopic (exact) mass is 373 g/mol. The molecule has 6 heteroatoms. The van der Waals surface area contributed by atoms with Gasteiger partial charge in [0.25, 0.3) is 0 Å². The van der Waals surface area contributed by atoms with Crippen LogP contribution in [0.15, 0.2) is 51.9 Å². The molecule has 0 saturated carbocycles. The van der Waals surface area contributed by atoms with Gasteiger partial charge in [0.15, 0.2) is 5.78 Å². The number of Topliss-reactive ketones (excluding diaryl/α,β-unsaturated/α-hetero) is 1. The Morgan fingerprint density at radius 3 is 2.80 bits per heavy atom. The molecule has 4 nitrogen and oxygen atoms in total. The van der Waals surface area contributed by atoms with E-state index in [1.54, 1.807) is 25.3 Å². The third-order valence-corrected chi connectivity index (χ3v) is 5.96. The molecule has 1 N–H and O–H groups in total. The number of anilines is 1. The Bertz CT molecular complexity index is 925. The minimum absolute atomic E-state index is 0.152. The molecule has 4 rings (SSSR count). The lowest BCUT2D eigenvalue weighted by Crippen LogP contribution is -2.20. The van der Waals surface area contributed by atoms with Gasteiger partial charge in [0, 0.05) is 22.0 Å². The average Bonchev–Trinajstić information content (AvgIpc) is 3.09. The molecule has 2 aromatic rings. The van der Waals surface area contributed by atoms with E-state index >= 15 is 0 Å². The molecule has 0 radical (unpaired) electrons. The predicted molar refractivity (Wildman–Crippen MR) is 99.6 cm³/mol. The summed E-state index contributed by atoms with van der Waals surface area (Å²) >= 11 is 7.63. The summed E-state index contributed by atoms with van der Waals surface area (Å²) in [7, 11) is 1.56. The van der Waals surface area contributed by atoms with Gasteiger partial charge in [-0.05, 0) is 42.8 Å². The molecule has 2 aromatic carbocycles. The van der Waals surface area contributed by atoms with Crippen molar-refractivity contribution in [3.8, 4) is 5.75 Å². The number of aliphatic hydroxyl groups is 1. The molecular formula is C19H16ClNO3S. The summed E-state index contributed by atoms with van der Waals surface area (Å²) in [6.07, 6.45) is -0.935. The van der Waals surface area contributed by atoms with Crippen LogP contribution in [0.2, 0.25) is 5.02 Å². The molecule has 0 amide bonds. The fourth-order valence-electron chi connectivity index (χ4n) is 3.31. The number of benzene rings is 2. The van der Waals surface area contributed by atoms with Crippen LogP contribution in [0.4, 0.5) is 5.69 Å². The van der Waals surface area contributed by atoms with Crippen molar-refractivity contribution in [3.05, 3.63) is 63.1 Å². The van der Waals surface area contributed by atoms with E-state index in [1.807, 2.05) is 30.0 Å². The minimum atomic E-state index is -0.935. The largest absolute Gasteiger partial charge is 0.497 e. The molecule has 25 heavy (non-hydrogen) atoms. The van der Waals surface area contributed by atoms with Crippen molar-refractivity contribution in [2.24, 2.45) is 0 Å². The standard InChI is InChI=1S/C19H16ClNO3S/c1-3-21-14-8-10(20)4-7-15(14)25-19(21)16-17(22)12-6-5-11(24-2)9-13(12)18(16)23/h4-9,17,22H,3H2,1-2H3/b19-16-. The zero-order chi connectivity index (χ0) is 17.7. The van der Waals surface area contributed by atoms with Gasteiger partial charge in [0.2, 0.25) is 0 Å². The molecule has 0 fully saturated rings. The zero-order valence-corrected chi connectivity index (χ0v) is 15.3. The van der Waals surface area contributed by atoms with Gasteiger partial charge in [0.05, 0.1) is 23.4 Å². The summed E-state index contributed by atoms with van der Waals surface area (Å²) in [4.78, 5) is 16.1. The van der Waals surface area contributed by atoms with Crippen LogP contribution in [0, 0.1) is 0 Å². The highest BCUT2D eigenvalue weighted by Crippen LogP contribution is 2.51. The number of halogens is 1. The fraction of sp³-hybridized carbons (Fsp3) is 0.211. The number of fused-ring (bicyclic) bond motifs is 2. The highest BCUT2D eigenvalue weighted by molar-refractivity contribution is 8.03. The normalized spacial score (nSPS) is 21.5.